The second kappa shape index (κ2) is 6.87. The van der Waals surface area contributed by atoms with Crippen LogP contribution in [0.1, 0.15) is 33.5 Å². The first kappa shape index (κ1) is 16.2. The number of benzene rings is 2. The average molecular weight is 323 g/mol. The Kier molecular flexibility index (Phi) is 4.65. The number of carboxylic acid groups (broad SMARTS) is 1. The van der Waals surface area contributed by atoms with Gasteiger partial charge in [0.05, 0.1) is 0 Å². The number of carboxylic acids is 1. The number of likely N-dealkylation sites (N-methyl/N-ethyl adjacent to an activating group) is 1. The van der Waals surface area contributed by atoms with Gasteiger partial charge in [0.1, 0.15) is 6.04 Å². The van der Waals surface area contributed by atoms with Crippen molar-refractivity contribution in [3.8, 4) is 0 Å². The van der Waals surface area contributed by atoms with Crippen LogP contribution in [-0.2, 0) is 24.1 Å². The van der Waals surface area contributed by atoms with Gasteiger partial charge in [-0.05, 0) is 48.1 Å². The lowest BCUT2D eigenvalue weighted by atomic mass is 10.0. The SMILES string of the molecule is CN(C(=O)c1ccc2c(c1)CCC2)C(Cc1ccccc1)C(=O)O. The van der Waals surface area contributed by atoms with Crippen molar-refractivity contribution in [1.29, 1.82) is 0 Å². The fraction of sp³-hybridized carbons (Fsp3) is 0.300. The number of hydrogen-bond acceptors (Lipinski definition) is 2. The van der Waals surface area contributed by atoms with E-state index in [1.165, 1.54) is 16.0 Å². The summed E-state index contributed by atoms with van der Waals surface area (Å²) in [6.07, 6.45) is 3.47. The number of hydrogen-bond donors (Lipinski definition) is 1. The highest BCUT2D eigenvalue weighted by Crippen LogP contribution is 2.23. The molecule has 0 saturated carbocycles. The summed E-state index contributed by atoms with van der Waals surface area (Å²) < 4.78 is 0. The molecule has 124 valence electrons. The van der Waals surface area contributed by atoms with Gasteiger partial charge in [-0.2, -0.15) is 0 Å². The van der Waals surface area contributed by atoms with Crippen LogP contribution < -0.4 is 0 Å². The molecule has 3 rings (SSSR count). The Hall–Kier alpha value is -2.62. The van der Waals surface area contributed by atoms with Crippen LogP contribution in [0.4, 0.5) is 0 Å². The summed E-state index contributed by atoms with van der Waals surface area (Å²) in [5.41, 5.74) is 3.98. The second-order valence-electron chi connectivity index (χ2n) is 6.30. The molecule has 1 aliphatic rings. The van der Waals surface area contributed by atoms with E-state index in [9.17, 15) is 14.7 Å². The molecule has 0 bridgehead atoms. The molecule has 1 atom stereocenters. The maximum absolute atomic E-state index is 12.7. The molecule has 1 N–H and O–H groups in total. The second-order valence-corrected chi connectivity index (χ2v) is 6.30. The van der Waals surface area contributed by atoms with Gasteiger partial charge in [-0.3, -0.25) is 4.79 Å². The highest BCUT2D eigenvalue weighted by Gasteiger charge is 2.28. The van der Waals surface area contributed by atoms with Crippen LogP contribution in [-0.4, -0.2) is 35.0 Å². The largest absolute Gasteiger partial charge is 0.480 e. The first-order chi connectivity index (χ1) is 11.6. The van der Waals surface area contributed by atoms with Gasteiger partial charge in [0.15, 0.2) is 0 Å². The zero-order valence-electron chi connectivity index (χ0n) is 13.7. The summed E-state index contributed by atoms with van der Waals surface area (Å²) in [4.78, 5) is 25.8. The summed E-state index contributed by atoms with van der Waals surface area (Å²) in [6, 6.07) is 14.2. The van der Waals surface area contributed by atoms with E-state index in [0.29, 0.717) is 12.0 Å². The van der Waals surface area contributed by atoms with Crippen molar-refractivity contribution in [2.24, 2.45) is 0 Å². The van der Waals surface area contributed by atoms with Crippen molar-refractivity contribution in [3.63, 3.8) is 0 Å². The standard InChI is InChI=1S/C20H21NO3/c1-21(18(20(23)24)12-14-6-3-2-4-7-14)19(22)17-11-10-15-8-5-9-16(15)13-17/h2-4,6-7,10-11,13,18H,5,8-9,12H2,1H3,(H,23,24). The van der Waals surface area contributed by atoms with Gasteiger partial charge >= 0.3 is 5.97 Å². The Labute approximate surface area is 141 Å². The fourth-order valence-corrected chi connectivity index (χ4v) is 3.28. The highest BCUT2D eigenvalue weighted by atomic mass is 16.4. The van der Waals surface area contributed by atoms with Gasteiger partial charge < -0.3 is 10.0 Å². The lowest BCUT2D eigenvalue weighted by molar-refractivity contribution is -0.141. The van der Waals surface area contributed by atoms with E-state index in [1.54, 1.807) is 7.05 Å². The first-order valence-corrected chi connectivity index (χ1v) is 8.22. The third-order valence-corrected chi connectivity index (χ3v) is 4.69. The number of aryl methyl sites for hydroxylation is 2. The predicted octanol–water partition coefficient (Wildman–Crippen LogP) is 2.94. The monoisotopic (exact) mass is 323 g/mol. The molecule has 0 spiro atoms. The van der Waals surface area contributed by atoms with E-state index < -0.39 is 12.0 Å². The molecular weight excluding hydrogens is 302 g/mol. The molecule has 2 aromatic carbocycles. The van der Waals surface area contributed by atoms with E-state index in [1.807, 2.05) is 48.5 Å². The van der Waals surface area contributed by atoms with Crippen LogP contribution in [0.2, 0.25) is 0 Å². The van der Waals surface area contributed by atoms with E-state index >= 15 is 0 Å². The molecule has 0 saturated heterocycles. The molecule has 1 aliphatic carbocycles. The lowest BCUT2D eigenvalue weighted by Gasteiger charge is -2.25. The van der Waals surface area contributed by atoms with Crippen LogP contribution in [0.3, 0.4) is 0 Å². The Morgan fingerprint density at radius 3 is 2.50 bits per heavy atom. The summed E-state index contributed by atoms with van der Waals surface area (Å²) in [5, 5.41) is 9.56. The summed E-state index contributed by atoms with van der Waals surface area (Å²) >= 11 is 0. The van der Waals surface area contributed by atoms with Crippen molar-refractivity contribution in [2.75, 3.05) is 7.05 Å². The molecule has 0 fully saturated rings. The minimum atomic E-state index is -0.990. The van der Waals surface area contributed by atoms with Crippen LogP contribution in [0.25, 0.3) is 0 Å². The molecule has 4 heteroatoms. The lowest BCUT2D eigenvalue weighted by Crippen LogP contribution is -2.43. The highest BCUT2D eigenvalue weighted by molar-refractivity contribution is 5.96. The van der Waals surface area contributed by atoms with E-state index in [-0.39, 0.29) is 5.91 Å². The number of carbonyl (C=O) groups is 2. The topological polar surface area (TPSA) is 57.6 Å². The fourth-order valence-electron chi connectivity index (χ4n) is 3.28. The molecule has 0 aromatic heterocycles. The van der Waals surface area contributed by atoms with Crippen LogP contribution in [0.15, 0.2) is 48.5 Å². The normalized spacial score (nSPS) is 14.0. The Balaban J connectivity index is 1.80. The molecule has 0 radical (unpaired) electrons. The van der Waals surface area contributed by atoms with Crippen molar-refractivity contribution in [3.05, 3.63) is 70.8 Å². The summed E-state index contributed by atoms with van der Waals surface area (Å²) in [5.74, 6) is -1.23. The Morgan fingerprint density at radius 2 is 1.79 bits per heavy atom. The predicted molar refractivity (Wildman–Crippen MR) is 92.1 cm³/mol. The van der Waals surface area contributed by atoms with Crippen molar-refractivity contribution in [2.45, 2.75) is 31.7 Å². The average Bonchev–Trinajstić information content (AvgIpc) is 3.06. The third-order valence-electron chi connectivity index (χ3n) is 4.69. The van der Waals surface area contributed by atoms with Gasteiger partial charge in [-0.1, -0.05) is 36.4 Å². The van der Waals surface area contributed by atoms with E-state index in [2.05, 4.69) is 0 Å². The Bertz CT molecular complexity index is 755. The van der Waals surface area contributed by atoms with Crippen molar-refractivity contribution < 1.29 is 14.7 Å². The molecule has 2 aromatic rings. The minimum absolute atomic E-state index is 0.243. The molecule has 24 heavy (non-hydrogen) atoms. The third kappa shape index (κ3) is 3.32. The summed E-state index contributed by atoms with van der Waals surface area (Å²) in [7, 11) is 1.57. The zero-order valence-corrected chi connectivity index (χ0v) is 13.7. The number of rotatable bonds is 5. The van der Waals surface area contributed by atoms with Gasteiger partial charge in [0.2, 0.25) is 0 Å². The van der Waals surface area contributed by atoms with Gasteiger partial charge in [0, 0.05) is 19.0 Å². The molecule has 1 unspecified atom stereocenters. The number of aliphatic carboxylic acids is 1. The first-order valence-electron chi connectivity index (χ1n) is 8.22. The van der Waals surface area contributed by atoms with Crippen LogP contribution in [0.5, 0.6) is 0 Å². The van der Waals surface area contributed by atoms with Crippen LogP contribution in [0, 0.1) is 0 Å². The molecule has 0 heterocycles. The van der Waals surface area contributed by atoms with Gasteiger partial charge in [-0.15, -0.1) is 0 Å². The molecule has 1 amide bonds. The molecular formula is C20H21NO3. The van der Waals surface area contributed by atoms with E-state index in [4.69, 9.17) is 0 Å². The zero-order chi connectivity index (χ0) is 17.1. The van der Waals surface area contributed by atoms with Crippen molar-refractivity contribution >= 4 is 11.9 Å². The quantitative estimate of drug-likeness (QED) is 0.920. The number of carbonyl (C=O) groups excluding carboxylic acids is 1. The van der Waals surface area contributed by atoms with Gasteiger partial charge in [0.25, 0.3) is 5.91 Å². The number of fused-ring (bicyclic) bond motifs is 1. The van der Waals surface area contributed by atoms with Crippen LogP contribution >= 0.6 is 0 Å². The Morgan fingerprint density at radius 1 is 1.08 bits per heavy atom. The maximum Gasteiger partial charge on any atom is 0.326 e. The smallest absolute Gasteiger partial charge is 0.326 e. The van der Waals surface area contributed by atoms with Crippen molar-refractivity contribution in [1.82, 2.24) is 4.90 Å². The molecule has 0 aliphatic heterocycles. The van der Waals surface area contributed by atoms with E-state index in [0.717, 1.165) is 24.8 Å². The van der Waals surface area contributed by atoms with Gasteiger partial charge in [-0.25, -0.2) is 4.79 Å². The maximum atomic E-state index is 12.7. The minimum Gasteiger partial charge on any atom is -0.480 e. The number of nitrogens with zero attached hydrogens (tertiary/aromatic N) is 1. The number of amides is 1. The summed E-state index contributed by atoms with van der Waals surface area (Å²) in [6.45, 7) is 0. The molecule has 4 nitrogen and oxygen atoms in total.